The number of rotatable bonds is 16. The van der Waals surface area contributed by atoms with Crippen LogP contribution in [-0.4, -0.2) is 88.2 Å². The van der Waals surface area contributed by atoms with Crippen LogP contribution in [0, 0.1) is 0 Å². The second-order valence-electron chi connectivity index (χ2n) is 9.79. The molecule has 2 amide bonds. The zero-order valence-corrected chi connectivity index (χ0v) is 23.0. The lowest BCUT2D eigenvalue weighted by Crippen LogP contribution is -2.47. The van der Waals surface area contributed by atoms with Gasteiger partial charge in [0.15, 0.2) is 0 Å². The molecule has 1 heterocycles. The number of piperazine rings is 1. The topological polar surface area (TPSA) is 83.1 Å². The number of methoxy groups -OCH3 is 2. The van der Waals surface area contributed by atoms with Crippen LogP contribution in [0.1, 0.15) is 36.8 Å². The van der Waals surface area contributed by atoms with Gasteiger partial charge in [-0.05, 0) is 74.2 Å². The van der Waals surface area contributed by atoms with Crippen LogP contribution >= 0.6 is 0 Å². The summed E-state index contributed by atoms with van der Waals surface area (Å²) >= 11 is 0. The van der Waals surface area contributed by atoms with Crippen molar-refractivity contribution in [3.8, 4) is 11.5 Å². The zero-order chi connectivity index (χ0) is 27.0. The molecule has 8 nitrogen and oxygen atoms in total. The van der Waals surface area contributed by atoms with E-state index < -0.39 is 0 Å². The largest absolute Gasteiger partial charge is 0.497 e. The SMILES string of the molecule is COc1ccc(CCC(=O)NCCCN2CCN(CCCNC(=O)CCc3ccc(OC)cc3)CC2)cc1. The van der Waals surface area contributed by atoms with Crippen LogP contribution in [0.25, 0.3) is 0 Å². The van der Waals surface area contributed by atoms with E-state index in [4.69, 9.17) is 9.47 Å². The van der Waals surface area contributed by atoms with E-state index in [1.54, 1.807) is 14.2 Å². The van der Waals surface area contributed by atoms with Crippen LogP contribution in [0.3, 0.4) is 0 Å². The minimum atomic E-state index is 0.110. The predicted octanol–water partition coefficient (Wildman–Crippen LogP) is 2.90. The summed E-state index contributed by atoms with van der Waals surface area (Å²) in [5, 5.41) is 6.10. The molecule has 2 N–H and O–H groups in total. The normalized spacial score (nSPS) is 14.2. The first kappa shape index (κ1) is 29.5. The Morgan fingerprint density at radius 1 is 0.658 bits per heavy atom. The third kappa shape index (κ3) is 11.1. The van der Waals surface area contributed by atoms with E-state index in [-0.39, 0.29) is 11.8 Å². The molecular formula is C30H44N4O4. The third-order valence-electron chi connectivity index (χ3n) is 7.01. The third-order valence-corrected chi connectivity index (χ3v) is 7.01. The van der Waals surface area contributed by atoms with Crippen LogP contribution in [-0.2, 0) is 22.4 Å². The number of carbonyl (C=O) groups is 2. The second-order valence-corrected chi connectivity index (χ2v) is 9.79. The number of nitrogens with one attached hydrogen (secondary N) is 2. The molecule has 2 aromatic carbocycles. The molecule has 8 heteroatoms. The predicted molar refractivity (Wildman–Crippen MR) is 151 cm³/mol. The van der Waals surface area contributed by atoms with Crippen molar-refractivity contribution in [3.05, 3.63) is 59.7 Å². The summed E-state index contributed by atoms with van der Waals surface area (Å²) < 4.78 is 10.3. The fourth-order valence-electron chi connectivity index (χ4n) is 4.57. The van der Waals surface area contributed by atoms with E-state index in [9.17, 15) is 9.59 Å². The molecular weight excluding hydrogens is 480 g/mol. The lowest BCUT2D eigenvalue weighted by atomic mass is 10.1. The monoisotopic (exact) mass is 524 g/mol. The van der Waals surface area contributed by atoms with Gasteiger partial charge in [-0.15, -0.1) is 0 Å². The Balaban J connectivity index is 1.15. The van der Waals surface area contributed by atoms with Gasteiger partial charge in [-0.25, -0.2) is 0 Å². The fraction of sp³-hybridized carbons (Fsp3) is 0.533. The maximum absolute atomic E-state index is 12.1. The molecule has 38 heavy (non-hydrogen) atoms. The average Bonchev–Trinajstić information content (AvgIpc) is 2.96. The van der Waals surface area contributed by atoms with E-state index in [0.29, 0.717) is 12.8 Å². The van der Waals surface area contributed by atoms with Gasteiger partial charge in [0.2, 0.25) is 11.8 Å². The molecule has 0 saturated carbocycles. The molecule has 1 aliphatic rings. The molecule has 0 aliphatic carbocycles. The van der Waals surface area contributed by atoms with E-state index in [1.807, 2.05) is 48.5 Å². The number of aryl methyl sites for hydroxylation is 2. The summed E-state index contributed by atoms with van der Waals surface area (Å²) in [6, 6.07) is 15.7. The van der Waals surface area contributed by atoms with Crippen molar-refractivity contribution in [2.45, 2.75) is 38.5 Å². The highest BCUT2D eigenvalue weighted by Gasteiger charge is 2.16. The second kappa shape index (κ2) is 16.7. The summed E-state index contributed by atoms with van der Waals surface area (Å²) in [7, 11) is 3.31. The Morgan fingerprint density at radius 3 is 1.37 bits per heavy atom. The van der Waals surface area contributed by atoms with Crippen molar-refractivity contribution >= 4 is 11.8 Å². The Kier molecular flexibility index (Phi) is 12.9. The molecule has 1 fully saturated rings. The molecule has 1 aliphatic heterocycles. The minimum Gasteiger partial charge on any atom is -0.497 e. The number of hydrogen-bond acceptors (Lipinski definition) is 6. The summed E-state index contributed by atoms with van der Waals surface area (Å²) in [5.41, 5.74) is 2.29. The maximum atomic E-state index is 12.1. The first-order valence-corrected chi connectivity index (χ1v) is 13.8. The molecule has 3 rings (SSSR count). The van der Waals surface area contributed by atoms with E-state index in [0.717, 1.165) is 101 Å². The van der Waals surface area contributed by atoms with Gasteiger partial charge in [-0.3, -0.25) is 9.59 Å². The number of nitrogens with zero attached hydrogens (tertiary/aromatic N) is 2. The van der Waals surface area contributed by atoms with Gasteiger partial charge in [0.1, 0.15) is 11.5 Å². The zero-order valence-electron chi connectivity index (χ0n) is 23.0. The molecule has 0 unspecified atom stereocenters. The molecule has 1 saturated heterocycles. The van der Waals surface area contributed by atoms with Gasteiger partial charge in [0.25, 0.3) is 0 Å². The van der Waals surface area contributed by atoms with Crippen molar-refractivity contribution in [1.29, 1.82) is 0 Å². The molecule has 0 aromatic heterocycles. The highest BCUT2D eigenvalue weighted by molar-refractivity contribution is 5.76. The Morgan fingerprint density at radius 2 is 1.03 bits per heavy atom. The number of ether oxygens (including phenoxy) is 2. The van der Waals surface area contributed by atoms with Gasteiger partial charge in [-0.2, -0.15) is 0 Å². The smallest absolute Gasteiger partial charge is 0.220 e. The quantitative estimate of drug-likeness (QED) is 0.329. The highest BCUT2D eigenvalue weighted by atomic mass is 16.5. The first-order valence-electron chi connectivity index (χ1n) is 13.8. The van der Waals surface area contributed by atoms with E-state index >= 15 is 0 Å². The number of hydrogen-bond donors (Lipinski definition) is 2. The van der Waals surface area contributed by atoms with Gasteiger partial charge in [0, 0.05) is 52.1 Å². The standard InChI is InChI=1S/C30H44N4O4/c1-37-27-11-5-25(6-12-27)9-15-29(35)31-17-3-19-33-21-23-34(24-22-33)20-4-18-32-30(36)16-10-26-7-13-28(38-2)14-8-26/h5-8,11-14H,3-4,9-10,15-24H2,1-2H3,(H,31,35)(H,32,36). The summed E-state index contributed by atoms with van der Waals surface area (Å²) in [5.74, 6) is 1.89. The maximum Gasteiger partial charge on any atom is 0.220 e. The van der Waals surface area contributed by atoms with Gasteiger partial charge < -0.3 is 29.9 Å². The molecule has 0 radical (unpaired) electrons. The van der Waals surface area contributed by atoms with Crippen molar-refractivity contribution in [2.75, 3.05) is 66.6 Å². The van der Waals surface area contributed by atoms with Crippen LogP contribution in [0.2, 0.25) is 0 Å². The fourth-order valence-corrected chi connectivity index (χ4v) is 4.57. The molecule has 208 valence electrons. The summed E-state index contributed by atoms with van der Waals surface area (Å²) in [6.07, 6.45) is 4.44. The molecule has 2 aromatic rings. The Labute approximate surface area is 227 Å². The highest BCUT2D eigenvalue weighted by Crippen LogP contribution is 2.13. The summed E-state index contributed by atoms with van der Waals surface area (Å²) in [4.78, 5) is 29.2. The van der Waals surface area contributed by atoms with Crippen molar-refractivity contribution in [3.63, 3.8) is 0 Å². The van der Waals surface area contributed by atoms with Gasteiger partial charge in [-0.1, -0.05) is 24.3 Å². The lowest BCUT2D eigenvalue weighted by molar-refractivity contribution is -0.121. The summed E-state index contributed by atoms with van der Waals surface area (Å²) in [6.45, 7) is 7.69. The van der Waals surface area contributed by atoms with E-state index in [2.05, 4.69) is 20.4 Å². The van der Waals surface area contributed by atoms with Crippen LogP contribution in [0.15, 0.2) is 48.5 Å². The number of carbonyl (C=O) groups excluding carboxylic acids is 2. The molecule has 0 spiro atoms. The number of amides is 2. The lowest BCUT2D eigenvalue weighted by Gasteiger charge is -2.34. The van der Waals surface area contributed by atoms with Gasteiger partial charge in [0.05, 0.1) is 14.2 Å². The Hall–Kier alpha value is -3.10. The van der Waals surface area contributed by atoms with E-state index in [1.165, 1.54) is 0 Å². The van der Waals surface area contributed by atoms with Crippen molar-refractivity contribution in [1.82, 2.24) is 20.4 Å². The Bertz CT molecular complexity index is 878. The van der Waals surface area contributed by atoms with Crippen LogP contribution in [0.5, 0.6) is 11.5 Å². The van der Waals surface area contributed by atoms with Crippen molar-refractivity contribution in [2.24, 2.45) is 0 Å². The minimum absolute atomic E-state index is 0.110. The van der Waals surface area contributed by atoms with Crippen LogP contribution in [0.4, 0.5) is 0 Å². The average molecular weight is 525 g/mol. The first-order chi connectivity index (χ1) is 18.6. The molecule has 0 atom stereocenters. The number of benzene rings is 2. The van der Waals surface area contributed by atoms with Crippen molar-refractivity contribution < 1.29 is 19.1 Å². The van der Waals surface area contributed by atoms with Crippen LogP contribution < -0.4 is 20.1 Å². The molecule has 0 bridgehead atoms. The van der Waals surface area contributed by atoms with Gasteiger partial charge >= 0.3 is 0 Å².